The van der Waals surface area contributed by atoms with Gasteiger partial charge in [-0.3, -0.25) is 14.5 Å². The smallest absolute Gasteiger partial charge is 0.262 e. The molecule has 1 atom stereocenters. The fourth-order valence-corrected chi connectivity index (χ4v) is 3.91. The van der Waals surface area contributed by atoms with Gasteiger partial charge < -0.3 is 5.73 Å². The molecule has 6 nitrogen and oxygen atoms in total. The number of nitrogens with zero attached hydrogens (tertiary/aromatic N) is 2. The minimum atomic E-state index is -2.92. The molecule has 1 heterocycles. The van der Waals surface area contributed by atoms with Crippen molar-refractivity contribution in [3.05, 3.63) is 65.0 Å². The summed E-state index contributed by atoms with van der Waals surface area (Å²) in [4.78, 5) is 30.9. The average Bonchev–Trinajstić information content (AvgIpc) is 2.98. The fourth-order valence-electron chi connectivity index (χ4n) is 3.91. The van der Waals surface area contributed by atoms with Crippen LogP contribution >= 0.6 is 0 Å². The molecule has 2 aromatic rings. The van der Waals surface area contributed by atoms with Crippen molar-refractivity contribution in [3.63, 3.8) is 0 Å². The summed E-state index contributed by atoms with van der Waals surface area (Å²) in [7, 11) is 0. The second kappa shape index (κ2) is 9.21. The van der Waals surface area contributed by atoms with Gasteiger partial charge in [-0.05, 0) is 62.1 Å². The molecular formula is C23H24F4N4O2. The molecular weight excluding hydrogens is 440 g/mol. The van der Waals surface area contributed by atoms with Gasteiger partial charge in [0.05, 0.1) is 12.2 Å². The number of ketones is 1. The summed E-state index contributed by atoms with van der Waals surface area (Å²) in [5, 5.41) is 0. The summed E-state index contributed by atoms with van der Waals surface area (Å²) < 4.78 is 53.3. The molecule has 176 valence electrons. The van der Waals surface area contributed by atoms with Gasteiger partial charge >= 0.3 is 0 Å². The van der Waals surface area contributed by atoms with Crippen molar-refractivity contribution in [3.8, 4) is 0 Å². The lowest BCUT2D eigenvalue weighted by Crippen LogP contribution is -2.42. The Hall–Kier alpha value is -3.43. The predicted octanol–water partition coefficient (Wildman–Crippen LogP) is 4.70. The molecule has 0 aromatic heterocycles. The minimum Gasteiger partial charge on any atom is -0.369 e. The Bertz CT molecular complexity index is 1080. The van der Waals surface area contributed by atoms with Gasteiger partial charge in [-0.15, -0.1) is 4.48 Å². The summed E-state index contributed by atoms with van der Waals surface area (Å²) in [6.07, 6.45) is -0.539. The SMILES string of the molecule is CC(=O)c1cc(CN2C(=O)[C@@](CCCC(C)(F)F)(c3ccc(F)cc3)N=C2N)ccc1NF. The molecule has 0 spiro atoms. The van der Waals surface area contributed by atoms with Crippen LogP contribution in [0.1, 0.15) is 54.6 Å². The van der Waals surface area contributed by atoms with Crippen molar-refractivity contribution < 1.29 is 27.2 Å². The van der Waals surface area contributed by atoms with Crippen molar-refractivity contribution >= 4 is 23.3 Å². The van der Waals surface area contributed by atoms with Gasteiger partial charge in [0.25, 0.3) is 5.91 Å². The first-order valence-corrected chi connectivity index (χ1v) is 10.3. The summed E-state index contributed by atoms with van der Waals surface area (Å²) in [5.74, 6) is -4.51. The molecule has 1 aliphatic heterocycles. The Morgan fingerprint density at radius 2 is 1.88 bits per heavy atom. The number of alkyl halides is 2. The van der Waals surface area contributed by atoms with Crippen molar-refractivity contribution in [1.29, 1.82) is 0 Å². The quantitative estimate of drug-likeness (QED) is 0.320. The van der Waals surface area contributed by atoms with E-state index in [-0.39, 0.29) is 42.4 Å². The first-order valence-electron chi connectivity index (χ1n) is 10.3. The zero-order chi connectivity index (χ0) is 24.4. The van der Waals surface area contributed by atoms with E-state index in [1.165, 1.54) is 47.7 Å². The van der Waals surface area contributed by atoms with E-state index in [0.717, 1.165) is 19.1 Å². The van der Waals surface area contributed by atoms with Crippen LogP contribution in [-0.2, 0) is 16.9 Å². The molecule has 0 saturated carbocycles. The molecule has 10 heteroatoms. The van der Waals surface area contributed by atoms with Gasteiger partial charge in [-0.25, -0.2) is 23.7 Å². The number of hydrogen-bond acceptors (Lipinski definition) is 5. The lowest BCUT2D eigenvalue weighted by atomic mass is 9.84. The van der Waals surface area contributed by atoms with E-state index in [9.17, 15) is 27.2 Å². The summed E-state index contributed by atoms with van der Waals surface area (Å²) in [6.45, 7) is 1.99. The molecule has 0 saturated heterocycles. The fraction of sp³-hybridized carbons (Fsp3) is 0.348. The van der Waals surface area contributed by atoms with Crippen LogP contribution in [0.25, 0.3) is 0 Å². The number of benzene rings is 2. The van der Waals surface area contributed by atoms with Crippen molar-refractivity contribution in [2.75, 3.05) is 5.54 Å². The maximum Gasteiger partial charge on any atom is 0.262 e. The first-order chi connectivity index (χ1) is 15.5. The Balaban J connectivity index is 1.94. The van der Waals surface area contributed by atoms with E-state index >= 15 is 0 Å². The Labute approximate surface area is 188 Å². The van der Waals surface area contributed by atoms with Gasteiger partial charge in [0, 0.05) is 12.0 Å². The Kier molecular flexibility index (Phi) is 6.76. The topological polar surface area (TPSA) is 87.8 Å². The van der Waals surface area contributed by atoms with Crippen LogP contribution in [0.3, 0.4) is 0 Å². The van der Waals surface area contributed by atoms with Crippen LogP contribution in [0.4, 0.5) is 23.3 Å². The Morgan fingerprint density at radius 3 is 2.45 bits per heavy atom. The summed E-state index contributed by atoms with van der Waals surface area (Å²) in [5.41, 5.74) is 6.83. The van der Waals surface area contributed by atoms with Crippen LogP contribution in [0.2, 0.25) is 0 Å². The number of carbonyl (C=O) groups excluding carboxylic acids is 2. The highest BCUT2D eigenvalue weighted by Crippen LogP contribution is 2.39. The third-order valence-electron chi connectivity index (χ3n) is 5.56. The number of hydrogen-bond donors (Lipinski definition) is 2. The van der Waals surface area contributed by atoms with Gasteiger partial charge in [-0.2, -0.15) is 0 Å². The van der Waals surface area contributed by atoms with Crippen LogP contribution in [0, 0.1) is 5.82 Å². The number of carbonyl (C=O) groups is 2. The molecule has 1 aliphatic rings. The van der Waals surface area contributed by atoms with Gasteiger partial charge in [0.2, 0.25) is 5.92 Å². The maximum absolute atomic E-state index is 13.5. The second-order valence-corrected chi connectivity index (χ2v) is 8.18. The number of rotatable bonds is 9. The number of amides is 1. The zero-order valence-electron chi connectivity index (χ0n) is 18.2. The van der Waals surface area contributed by atoms with Crippen LogP contribution in [0.5, 0.6) is 0 Å². The summed E-state index contributed by atoms with van der Waals surface area (Å²) in [6, 6.07) is 9.39. The van der Waals surface area contributed by atoms with E-state index < -0.39 is 29.6 Å². The zero-order valence-corrected chi connectivity index (χ0v) is 18.2. The van der Waals surface area contributed by atoms with E-state index in [1.807, 2.05) is 0 Å². The highest BCUT2D eigenvalue weighted by Gasteiger charge is 2.49. The molecule has 3 N–H and O–H groups in total. The van der Waals surface area contributed by atoms with Crippen LogP contribution in [-0.4, -0.2) is 28.5 Å². The molecule has 0 bridgehead atoms. The monoisotopic (exact) mass is 464 g/mol. The highest BCUT2D eigenvalue weighted by molar-refractivity contribution is 6.07. The molecule has 0 radical (unpaired) electrons. The molecule has 2 aromatic carbocycles. The number of nitrogens with one attached hydrogen (secondary N) is 1. The average molecular weight is 464 g/mol. The van der Waals surface area contributed by atoms with Gasteiger partial charge in [-0.1, -0.05) is 18.2 Å². The van der Waals surface area contributed by atoms with Crippen molar-refractivity contribution in [2.45, 2.75) is 51.1 Å². The standard InChI is InChI=1S/C23H24F4N4O2/c1-14(32)18-12-15(4-9-19(18)30-27)13-31-20(33)23(29-21(31)28,11-3-10-22(2,25)26)16-5-7-17(24)8-6-16/h4-9,12,30H,3,10-11,13H2,1-2H3,(H2,28,29)/t23-/m1/s1. The highest BCUT2D eigenvalue weighted by atomic mass is 19.3. The molecule has 3 rings (SSSR count). The van der Waals surface area contributed by atoms with E-state index in [2.05, 4.69) is 4.99 Å². The third kappa shape index (κ3) is 5.15. The normalized spacial score (nSPS) is 18.4. The first kappa shape index (κ1) is 24.2. The van der Waals surface area contributed by atoms with Crippen LogP contribution in [0.15, 0.2) is 47.5 Å². The van der Waals surface area contributed by atoms with E-state index in [1.54, 1.807) is 0 Å². The van der Waals surface area contributed by atoms with E-state index in [0.29, 0.717) is 11.1 Å². The lowest BCUT2D eigenvalue weighted by Gasteiger charge is -2.27. The number of halogens is 4. The second-order valence-electron chi connectivity index (χ2n) is 8.18. The number of Topliss-reactive ketones (excluding diaryl/α,β-unsaturated/α-hetero) is 1. The Morgan fingerprint density at radius 1 is 1.21 bits per heavy atom. The largest absolute Gasteiger partial charge is 0.369 e. The lowest BCUT2D eigenvalue weighted by molar-refractivity contribution is -0.132. The molecule has 0 fully saturated rings. The van der Waals surface area contributed by atoms with Gasteiger partial charge in [0.15, 0.2) is 17.3 Å². The molecule has 0 aliphatic carbocycles. The minimum absolute atomic E-state index is 0.0122. The van der Waals surface area contributed by atoms with Crippen molar-refractivity contribution in [1.82, 2.24) is 4.90 Å². The molecule has 0 unspecified atom stereocenters. The van der Waals surface area contributed by atoms with E-state index in [4.69, 9.17) is 5.73 Å². The number of guanidine groups is 1. The predicted molar refractivity (Wildman–Crippen MR) is 116 cm³/mol. The molecule has 33 heavy (non-hydrogen) atoms. The maximum atomic E-state index is 13.5. The number of nitrogens with two attached hydrogens (primary N) is 1. The molecule has 1 amide bonds. The number of aliphatic imine (C=N–C) groups is 1. The van der Waals surface area contributed by atoms with Crippen LogP contribution < -0.4 is 11.3 Å². The number of anilines is 1. The van der Waals surface area contributed by atoms with Gasteiger partial charge in [0.1, 0.15) is 5.82 Å². The summed E-state index contributed by atoms with van der Waals surface area (Å²) >= 11 is 0. The third-order valence-corrected chi connectivity index (χ3v) is 5.56. The van der Waals surface area contributed by atoms with Crippen molar-refractivity contribution in [2.24, 2.45) is 10.7 Å².